The molecule has 100 valence electrons. The molecule has 19 heavy (non-hydrogen) atoms. The smallest absolute Gasteiger partial charge is 0.258 e. The number of nitrogens with two attached hydrogens (primary N) is 1. The van der Waals surface area contributed by atoms with Crippen LogP contribution in [0.1, 0.15) is 30.0 Å². The van der Waals surface area contributed by atoms with Crippen molar-refractivity contribution < 1.29 is 9.53 Å². The molecule has 0 heterocycles. The molecule has 0 radical (unpaired) electrons. The van der Waals surface area contributed by atoms with Crippen LogP contribution in [0.2, 0.25) is 0 Å². The van der Waals surface area contributed by atoms with E-state index in [0.29, 0.717) is 5.75 Å². The Kier molecular flexibility index (Phi) is 4.43. The molecule has 1 amide bonds. The van der Waals surface area contributed by atoms with Crippen molar-refractivity contribution >= 4 is 5.91 Å². The minimum Gasteiger partial charge on any atom is -0.484 e. The number of nitrogens with one attached hydrogen (secondary N) is 1. The van der Waals surface area contributed by atoms with E-state index in [1.807, 2.05) is 18.2 Å². The molecule has 4 nitrogen and oxygen atoms in total. The van der Waals surface area contributed by atoms with E-state index >= 15 is 0 Å². The van der Waals surface area contributed by atoms with Gasteiger partial charge in [0.2, 0.25) is 0 Å². The summed E-state index contributed by atoms with van der Waals surface area (Å²) in [6.45, 7) is 0.187. The van der Waals surface area contributed by atoms with Crippen LogP contribution in [0.5, 0.6) is 5.75 Å². The minimum atomic E-state index is -0.222. The Morgan fingerprint density at radius 1 is 1.58 bits per heavy atom. The average Bonchev–Trinajstić information content (AvgIpc) is 2.43. The lowest BCUT2D eigenvalue weighted by molar-refractivity contribution is -0.122. The first kappa shape index (κ1) is 13.4. The summed E-state index contributed by atoms with van der Waals surface area (Å²) in [6, 6.07) is 5.92. The zero-order valence-electron chi connectivity index (χ0n) is 10.8. The number of aryl methyl sites for hydroxylation is 1. The Hall–Kier alpha value is -1.99. The lowest BCUT2D eigenvalue weighted by Gasteiger charge is -2.22. The van der Waals surface area contributed by atoms with E-state index in [4.69, 9.17) is 16.9 Å². The topological polar surface area (TPSA) is 64.3 Å². The number of benzene rings is 1. The molecule has 0 saturated carbocycles. The Balaban J connectivity index is 1.97. The first-order valence-electron chi connectivity index (χ1n) is 6.42. The second-order valence-electron chi connectivity index (χ2n) is 4.63. The van der Waals surface area contributed by atoms with Crippen molar-refractivity contribution in [3.05, 3.63) is 29.3 Å². The molecular formula is C15H18N2O2. The maximum Gasteiger partial charge on any atom is 0.258 e. The summed E-state index contributed by atoms with van der Waals surface area (Å²) in [5.41, 5.74) is 8.49. The molecular weight excluding hydrogens is 240 g/mol. The summed E-state index contributed by atoms with van der Waals surface area (Å²) in [6.07, 6.45) is 8.24. The summed E-state index contributed by atoms with van der Waals surface area (Å²) in [7, 11) is 0. The van der Waals surface area contributed by atoms with Gasteiger partial charge in [-0.15, -0.1) is 6.42 Å². The summed E-state index contributed by atoms with van der Waals surface area (Å²) in [4.78, 5) is 11.4. The zero-order valence-corrected chi connectivity index (χ0v) is 10.8. The second kappa shape index (κ2) is 6.26. The molecule has 0 fully saturated rings. The Labute approximate surface area is 113 Å². The van der Waals surface area contributed by atoms with Gasteiger partial charge in [-0.1, -0.05) is 12.0 Å². The normalized spacial score (nSPS) is 17.2. The van der Waals surface area contributed by atoms with Gasteiger partial charge in [0, 0.05) is 6.04 Å². The van der Waals surface area contributed by atoms with E-state index in [2.05, 4.69) is 11.2 Å². The monoisotopic (exact) mass is 258 g/mol. The summed E-state index contributed by atoms with van der Waals surface area (Å²) in [5, 5.41) is 2.55. The van der Waals surface area contributed by atoms with E-state index in [-0.39, 0.29) is 25.1 Å². The average molecular weight is 258 g/mol. The molecule has 0 bridgehead atoms. The quantitative estimate of drug-likeness (QED) is 0.796. The number of ether oxygens (including phenoxy) is 1. The number of hydrogen-bond acceptors (Lipinski definition) is 3. The summed E-state index contributed by atoms with van der Waals surface area (Å²) in [5.74, 6) is 2.79. The highest BCUT2D eigenvalue weighted by atomic mass is 16.5. The maximum absolute atomic E-state index is 11.4. The lowest BCUT2D eigenvalue weighted by Crippen LogP contribution is -2.29. The number of terminal acetylenes is 1. The number of hydrogen-bond donors (Lipinski definition) is 2. The van der Waals surface area contributed by atoms with Crippen molar-refractivity contribution in [2.24, 2.45) is 5.73 Å². The van der Waals surface area contributed by atoms with E-state index in [9.17, 15) is 4.79 Å². The molecule has 4 heteroatoms. The van der Waals surface area contributed by atoms with Gasteiger partial charge in [-0.2, -0.15) is 0 Å². The molecule has 0 aromatic heterocycles. The number of fused-ring (bicyclic) bond motifs is 1. The van der Waals surface area contributed by atoms with Gasteiger partial charge >= 0.3 is 0 Å². The highest BCUT2D eigenvalue weighted by Crippen LogP contribution is 2.30. The molecule has 0 spiro atoms. The standard InChI is InChI=1S/C15H18N2O2/c1-2-8-17-15(18)10-19-12-7-6-11-4-3-5-14(16)13(11)9-12/h1,6-7,9,14H,3-5,8,10,16H2,(H,17,18)/t14-/m0/s1. The third-order valence-corrected chi connectivity index (χ3v) is 3.24. The van der Waals surface area contributed by atoms with Gasteiger partial charge in [0.25, 0.3) is 5.91 Å². The van der Waals surface area contributed by atoms with Gasteiger partial charge in [-0.25, -0.2) is 0 Å². The van der Waals surface area contributed by atoms with Crippen molar-refractivity contribution in [2.45, 2.75) is 25.3 Å². The highest BCUT2D eigenvalue weighted by Gasteiger charge is 2.17. The molecule has 3 N–H and O–H groups in total. The van der Waals surface area contributed by atoms with Gasteiger partial charge in [0.1, 0.15) is 5.75 Å². The van der Waals surface area contributed by atoms with Crippen LogP contribution in [0.3, 0.4) is 0 Å². The largest absolute Gasteiger partial charge is 0.484 e. The Morgan fingerprint density at radius 3 is 3.21 bits per heavy atom. The number of rotatable bonds is 4. The molecule has 0 aliphatic heterocycles. The zero-order chi connectivity index (χ0) is 13.7. The SMILES string of the molecule is C#CCNC(=O)COc1ccc2c(c1)[C@@H](N)CCC2. The van der Waals surface area contributed by atoms with Crippen LogP contribution in [-0.2, 0) is 11.2 Å². The third kappa shape index (κ3) is 3.49. The van der Waals surface area contributed by atoms with E-state index in [1.54, 1.807) is 0 Å². The predicted molar refractivity (Wildman–Crippen MR) is 73.6 cm³/mol. The molecule has 0 unspecified atom stereocenters. The fourth-order valence-electron chi connectivity index (χ4n) is 2.25. The molecule has 2 rings (SSSR count). The Morgan fingerprint density at radius 2 is 2.42 bits per heavy atom. The lowest BCUT2D eigenvalue weighted by atomic mass is 9.88. The van der Waals surface area contributed by atoms with Crippen molar-refractivity contribution in [1.29, 1.82) is 0 Å². The van der Waals surface area contributed by atoms with Gasteiger partial charge in [-0.05, 0) is 42.5 Å². The van der Waals surface area contributed by atoms with E-state index in [0.717, 1.165) is 24.8 Å². The third-order valence-electron chi connectivity index (χ3n) is 3.24. The van der Waals surface area contributed by atoms with Crippen LogP contribution in [0.4, 0.5) is 0 Å². The molecule has 1 atom stereocenters. The van der Waals surface area contributed by atoms with Crippen LogP contribution >= 0.6 is 0 Å². The highest BCUT2D eigenvalue weighted by molar-refractivity contribution is 5.77. The van der Waals surface area contributed by atoms with Crippen molar-refractivity contribution in [2.75, 3.05) is 13.2 Å². The molecule has 1 aliphatic rings. The first-order valence-corrected chi connectivity index (χ1v) is 6.42. The maximum atomic E-state index is 11.4. The van der Waals surface area contributed by atoms with Gasteiger partial charge < -0.3 is 15.8 Å². The number of carbonyl (C=O) groups is 1. The van der Waals surface area contributed by atoms with Crippen LogP contribution < -0.4 is 15.8 Å². The van der Waals surface area contributed by atoms with Gasteiger partial charge in [0.05, 0.1) is 6.54 Å². The molecule has 0 saturated heterocycles. The van der Waals surface area contributed by atoms with Crippen LogP contribution in [-0.4, -0.2) is 19.1 Å². The molecule has 1 aromatic rings. The molecule has 1 aliphatic carbocycles. The van der Waals surface area contributed by atoms with Crippen LogP contribution in [0, 0.1) is 12.3 Å². The number of amides is 1. The first-order chi connectivity index (χ1) is 9.20. The van der Waals surface area contributed by atoms with Crippen molar-refractivity contribution in [3.63, 3.8) is 0 Å². The van der Waals surface area contributed by atoms with Crippen LogP contribution in [0.15, 0.2) is 18.2 Å². The summed E-state index contributed by atoms with van der Waals surface area (Å²) >= 11 is 0. The van der Waals surface area contributed by atoms with Crippen molar-refractivity contribution in [3.8, 4) is 18.1 Å². The second-order valence-corrected chi connectivity index (χ2v) is 4.63. The Bertz CT molecular complexity index is 505. The summed E-state index contributed by atoms with van der Waals surface area (Å²) < 4.78 is 5.44. The van der Waals surface area contributed by atoms with Gasteiger partial charge in [-0.3, -0.25) is 4.79 Å². The van der Waals surface area contributed by atoms with Gasteiger partial charge in [0.15, 0.2) is 6.61 Å². The van der Waals surface area contributed by atoms with E-state index in [1.165, 1.54) is 5.56 Å². The molecule has 1 aromatic carbocycles. The minimum absolute atomic E-state index is 0.0320. The predicted octanol–water partition coefficient (Wildman–Crippen LogP) is 1.15. The van der Waals surface area contributed by atoms with Crippen LogP contribution in [0.25, 0.3) is 0 Å². The fraction of sp³-hybridized carbons (Fsp3) is 0.400. The number of carbonyl (C=O) groups excluding carboxylic acids is 1. The fourth-order valence-corrected chi connectivity index (χ4v) is 2.25. The van der Waals surface area contributed by atoms with Crippen molar-refractivity contribution in [1.82, 2.24) is 5.32 Å². The van der Waals surface area contributed by atoms with E-state index < -0.39 is 0 Å².